The fourth-order valence-electron chi connectivity index (χ4n) is 1.57. The molecule has 0 radical (unpaired) electrons. The van der Waals surface area contributed by atoms with Gasteiger partial charge in [-0.3, -0.25) is 0 Å². The predicted molar refractivity (Wildman–Crippen MR) is 60.4 cm³/mol. The van der Waals surface area contributed by atoms with E-state index in [1.54, 1.807) is 0 Å². The van der Waals surface area contributed by atoms with E-state index in [4.69, 9.17) is 18.0 Å². The Balaban J connectivity index is 2.47. The van der Waals surface area contributed by atoms with Crippen molar-refractivity contribution >= 4 is 22.5 Å². The lowest BCUT2D eigenvalue weighted by atomic mass is 10.2. The van der Waals surface area contributed by atoms with E-state index >= 15 is 0 Å². The fraction of sp³-hybridized carbons (Fsp3) is 0.167. The van der Waals surface area contributed by atoms with Crippen molar-refractivity contribution < 1.29 is 4.39 Å². The highest BCUT2D eigenvalue weighted by molar-refractivity contribution is 6.35. The maximum atomic E-state index is 13.0. The number of aromatic amines is 1. The molecule has 2 rings (SSSR count). The molecule has 0 bridgehead atoms. The van der Waals surface area contributed by atoms with Crippen LogP contribution in [0.4, 0.5) is 4.39 Å². The molecule has 15 heavy (non-hydrogen) atoms. The second-order valence-electron chi connectivity index (χ2n) is 3.35. The van der Waals surface area contributed by atoms with Crippen molar-refractivity contribution in [3.8, 4) is 12.3 Å². The molecule has 76 valence electrons. The van der Waals surface area contributed by atoms with Gasteiger partial charge in [0.1, 0.15) is 5.82 Å². The number of H-pyrrole nitrogens is 1. The number of aryl methyl sites for hydroxylation is 1. The highest BCUT2D eigenvalue weighted by Gasteiger charge is 2.06. The van der Waals surface area contributed by atoms with E-state index in [-0.39, 0.29) is 5.82 Å². The number of rotatable bonds is 2. The van der Waals surface area contributed by atoms with Crippen LogP contribution in [-0.4, -0.2) is 4.98 Å². The summed E-state index contributed by atoms with van der Waals surface area (Å²) in [6.07, 6.45) is 6.59. The summed E-state index contributed by atoms with van der Waals surface area (Å²) in [5.74, 6) is 2.24. The number of aromatic nitrogens is 1. The van der Waals surface area contributed by atoms with Crippen LogP contribution in [0.3, 0.4) is 0 Å². The number of terminal acetylenes is 1. The van der Waals surface area contributed by atoms with Crippen LogP contribution in [0, 0.1) is 18.2 Å². The number of hydrogen-bond acceptors (Lipinski definition) is 0. The lowest BCUT2D eigenvalue weighted by molar-refractivity contribution is 0.630. The van der Waals surface area contributed by atoms with E-state index in [0.717, 1.165) is 23.0 Å². The summed E-state index contributed by atoms with van der Waals surface area (Å²) in [7, 11) is 0. The van der Waals surface area contributed by atoms with Crippen LogP contribution in [0.1, 0.15) is 12.1 Å². The van der Waals surface area contributed by atoms with E-state index in [1.165, 1.54) is 12.1 Å². The molecule has 3 heteroatoms. The third-order valence-electron chi connectivity index (χ3n) is 2.24. The van der Waals surface area contributed by atoms with Gasteiger partial charge < -0.3 is 4.98 Å². The van der Waals surface area contributed by atoms with Crippen LogP contribution in [0.2, 0.25) is 5.02 Å². The van der Waals surface area contributed by atoms with Crippen LogP contribution in [0.15, 0.2) is 18.2 Å². The molecule has 1 nitrogen and oxygen atoms in total. The van der Waals surface area contributed by atoms with Gasteiger partial charge in [-0.2, -0.15) is 0 Å². The summed E-state index contributed by atoms with van der Waals surface area (Å²) in [5.41, 5.74) is 1.75. The minimum absolute atomic E-state index is 0.324. The third-order valence-corrected chi connectivity index (χ3v) is 2.54. The molecule has 0 aliphatic heterocycles. The molecule has 0 atom stereocenters. The number of benzene rings is 1. The minimum Gasteiger partial charge on any atom is -0.357 e. The first-order chi connectivity index (χ1) is 7.20. The molecule has 0 aliphatic rings. The van der Waals surface area contributed by atoms with E-state index in [1.807, 2.05) is 6.07 Å². The number of nitrogens with one attached hydrogen (secondary N) is 1. The van der Waals surface area contributed by atoms with Crippen LogP contribution in [-0.2, 0) is 6.42 Å². The zero-order chi connectivity index (χ0) is 10.8. The van der Waals surface area contributed by atoms with Gasteiger partial charge in [-0.15, -0.1) is 12.3 Å². The quantitative estimate of drug-likeness (QED) is 0.747. The fourth-order valence-corrected chi connectivity index (χ4v) is 1.83. The maximum Gasteiger partial charge on any atom is 0.125 e. The Morgan fingerprint density at radius 3 is 2.93 bits per heavy atom. The SMILES string of the molecule is C#CCCc1cc2cc(F)cc(Cl)c2[nH]1. The normalized spacial score (nSPS) is 10.5. The van der Waals surface area contributed by atoms with Crippen molar-refractivity contribution in [1.82, 2.24) is 4.98 Å². The molecular weight excluding hydrogens is 213 g/mol. The molecule has 0 unspecified atom stereocenters. The highest BCUT2D eigenvalue weighted by atomic mass is 35.5. The molecule has 1 aromatic carbocycles. The van der Waals surface area contributed by atoms with Gasteiger partial charge in [0.2, 0.25) is 0 Å². The first kappa shape index (κ1) is 10.1. The Kier molecular flexibility index (Phi) is 2.66. The van der Waals surface area contributed by atoms with Gasteiger partial charge in [-0.25, -0.2) is 4.39 Å². The number of hydrogen-bond donors (Lipinski definition) is 1. The van der Waals surface area contributed by atoms with Crippen molar-refractivity contribution in [1.29, 1.82) is 0 Å². The Morgan fingerprint density at radius 2 is 2.20 bits per heavy atom. The zero-order valence-corrected chi connectivity index (χ0v) is 8.74. The number of halogens is 2. The zero-order valence-electron chi connectivity index (χ0n) is 7.98. The smallest absolute Gasteiger partial charge is 0.125 e. The monoisotopic (exact) mass is 221 g/mol. The van der Waals surface area contributed by atoms with Crippen LogP contribution in [0.25, 0.3) is 10.9 Å². The van der Waals surface area contributed by atoms with Gasteiger partial charge in [0.25, 0.3) is 0 Å². The predicted octanol–water partition coefficient (Wildman–Crippen LogP) is 3.53. The van der Waals surface area contributed by atoms with Crippen molar-refractivity contribution in [3.63, 3.8) is 0 Å². The molecule has 1 heterocycles. The average molecular weight is 222 g/mol. The first-order valence-electron chi connectivity index (χ1n) is 4.61. The lowest BCUT2D eigenvalue weighted by Gasteiger charge is -1.94. The van der Waals surface area contributed by atoms with Crippen molar-refractivity contribution in [2.75, 3.05) is 0 Å². The highest BCUT2D eigenvalue weighted by Crippen LogP contribution is 2.25. The van der Waals surface area contributed by atoms with Gasteiger partial charge >= 0.3 is 0 Å². The third kappa shape index (κ3) is 1.98. The topological polar surface area (TPSA) is 15.8 Å². The molecule has 0 spiro atoms. The Hall–Kier alpha value is -1.46. The Labute approximate surface area is 92.3 Å². The Bertz CT molecular complexity index is 536. The van der Waals surface area contributed by atoms with Gasteiger partial charge in [-0.1, -0.05) is 11.6 Å². The van der Waals surface area contributed by atoms with Crippen molar-refractivity contribution in [2.45, 2.75) is 12.8 Å². The Morgan fingerprint density at radius 1 is 1.40 bits per heavy atom. The molecule has 0 saturated carbocycles. The van der Waals surface area contributed by atoms with Crippen molar-refractivity contribution in [3.05, 3.63) is 34.7 Å². The summed E-state index contributed by atoms with van der Waals surface area (Å²) in [6, 6.07) is 4.63. The molecule has 1 N–H and O–H groups in total. The minimum atomic E-state index is -0.324. The molecule has 1 aromatic heterocycles. The summed E-state index contributed by atoms with van der Waals surface area (Å²) < 4.78 is 13.0. The molecule has 0 amide bonds. The standard InChI is InChI=1S/C12H9ClFN/c1-2-3-4-10-6-8-5-9(14)7-11(13)12(8)15-10/h1,5-7,15H,3-4H2. The van der Waals surface area contributed by atoms with Gasteiger partial charge in [0, 0.05) is 17.5 Å². The van der Waals surface area contributed by atoms with Gasteiger partial charge in [0.15, 0.2) is 0 Å². The maximum absolute atomic E-state index is 13.0. The van der Waals surface area contributed by atoms with Gasteiger partial charge in [0.05, 0.1) is 10.5 Å². The molecular formula is C12H9ClFN. The van der Waals surface area contributed by atoms with E-state index in [2.05, 4.69) is 10.9 Å². The number of fused-ring (bicyclic) bond motifs is 1. The molecule has 0 saturated heterocycles. The van der Waals surface area contributed by atoms with Crippen molar-refractivity contribution in [2.24, 2.45) is 0 Å². The van der Waals surface area contributed by atoms with Crippen LogP contribution >= 0.6 is 11.6 Å². The lowest BCUT2D eigenvalue weighted by Crippen LogP contribution is -1.81. The molecule has 2 aromatic rings. The summed E-state index contributed by atoms with van der Waals surface area (Å²) in [4.78, 5) is 3.13. The molecule has 0 fully saturated rings. The van der Waals surface area contributed by atoms with E-state index < -0.39 is 0 Å². The average Bonchev–Trinajstić information content (AvgIpc) is 2.57. The van der Waals surface area contributed by atoms with Gasteiger partial charge in [-0.05, 0) is 24.6 Å². The second-order valence-corrected chi connectivity index (χ2v) is 3.76. The summed E-state index contributed by atoms with van der Waals surface area (Å²) in [6.45, 7) is 0. The van der Waals surface area contributed by atoms with E-state index in [0.29, 0.717) is 11.4 Å². The second kappa shape index (κ2) is 3.96. The van der Waals surface area contributed by atoms with E-state index in [9.17, 15) is 4.39 Å². The van der Waals surface area contributed by atoms with Crippen LogP contribution < -0.4 is 0 Å². The summed E-state index contributed by atoms with van der Waals surface area (Å²) >= 11 is 5.90. The largest absolute Gasteiger partial charge is 0.357 e. The summed E-state index contributed by atoms with van der Waals surface area (Å²) in [5, 5.41) is 1.18. The molecule has 0 aliphatic carbocycles. The first-order valence-corrected chi connectivity index (χ1v) is 4.98. The van der Waals surface area contributed by atoms with Crippen LogP contribution in [0.5, 0.6) is 0 Å².